The average Bonchev–Trinajstić information content (AvgIpc) is 3.31. The van der Waals surface area contributed by atoms with E-state index < -0.39 is 4.92 Å². The average molecular weight is 417 g/mol. The molecule has 3 rings (SSSR count). The minimum atomic E-state index is -0.401. The third-order valence-electron chi connectivity index (χ3n) is 6.22. The molecule has 0 saturated carbocycles. The number of benzene rings is 1. The summed E-state index contributed by atoms with van der Waals surface area (Å²) < 4.78 is 0. The number of likely N-dealkylation sites (tertiary alicyclic amines) is 1. The van der Waals surface area contributed by atoms with Gasteiger partial charge in [0.05, 0.1) is 4.92 Å². The Morgan fingerprint density at radius 2 is 1.83 bits per heavy atom. The molecule has 0 bridgehead atoms. The van der Waals surface area contributed by atoms with E-state index in [4.69, 9.17) is 0 Å². The Bertz CT molecular complexity index is 783. The fourth-order valence-electron chi connectivity index (χ4n) is 4.36. The van der Waals surface area contributed by atoms with Crippen molar-refractivity contribution in [3.05, 3.63) is 33.9 Å². The molecule has 0 unspecified atom stereocenters. The van der Waals surface area contributed by atoms with Crippen molar-refractivity contribution in [2.75, 3.05) is 44.7 Å². The normalized spacial score (nSPS) is 17.3. The van der Waals surface area contributed by atoms with Crippen molar-refractivity contribution in [1.82, 2.24) is 9.80 Å². The molecule has 2 amide bonds. The summed E-state index contributed by atoms with van der Waals surface area (Å²) in [6.45, 7) is 5.48. The molecule has 0 radical (unpaired) electrons. The van der Waals surface area contributed by atoms with Gasteiger partial charge in [0, 0.05) is 57.3 Å². The first-order valence-corrected chi connectivity index (χ1v) is 11.0. The van der Waals surface area contributed by atoms with E-state index in [0.717, 1.165) is 45.3 Å². The number of nitro groups is 1. The van der Waals surface area contributed by atoms with Gasteiger partial charge in [0.1, 0.15) is 5.69 Å². The first-order chi connectivity index (χ1) is 14.4. The molecule has 164 valence electrons. The number of nitrogens with zero attached hydrogens (tertiary/aromatic N) is 4. The largest absolute Gasteiger partial charge is 0.366 e. The van der Waals surface area contributed by atoms with Gasteiger partial charge < -0.3 is 14.7 Å². The summed E-state index contributed by atoms with van der Waals surface area (Å²) in [5, 5.41) is 11.6. The first kappa shape index (κ1) is 22.1. The molecule has 2 saturated heterocycles. The first-order valence-electron chi connectivity index (χ1n) is 11.0. The van der Waals surface area contributed by atoms with E-state index in [9.17, 15) is 19.7 Å². The van der Waals surface area contributed by atoms with E-state index in [1.165, 1.54) is 6.07 Å². The maximum atomic E-state index is 13.0. The van der Waals surface area contributed by atoms with Crippen molar-refractivity contribution in [1.29, 1.82) is 0 Å². The van der Waals surface area contributed by atoms with Crippen LogP contribution in [0, 0.1) is 16.0 Å². The summed E-state index contributed by atoms with van der Waals surface area (Å²) >= 11 is 0. The summed E-state index contributed by atoms with van der Waals surface area (Å²) in [5.41, 5.74) is 0.924. The molecule has 2 fully saturated rings. The van der Waals surface area contributed by atoms with Crippen molar-refractivity contribution < 1.29 is 14.5 Å². The molecular weight excluding hydrogens is 384 g/mol. The number of hydrogen-bond donors (Lipinski definition) is 0. The Kier molecular flexibility index (Phi) is 7.29. The Labute approximate surface area is 178 Å². The molecule has 1 aromatic carbocycles. The lowest BCUT2D eigenvalue weighted by atomic mass is 9.94. The lowest BCUT2D eigenvalue weighted by molar-refractivity contribution is -0.384. The minimum Gasteiger partial charge on any atom is -0.366 e. The summed E-state index contributed by atoms with van der Waals surface area (Å²) in [7, 11) is 1.84. The number of rotatable bonds is 7. The van der Waals surface area contributed by atoms with Crippen LogP contribution < -0.4 is 4.90 Å². The summed E-state index contributed by atoms with van der Waals surface area (Å²) in [5.74, 6) is -0.0970. The van der Waals surface area contributed by atoms with E-state index in [-0.39, 0.29) is 23.4 Å². The van der Waals surface area contributed by atoms with Crippen molar-refractivity contribution in [2.24, 2.45) is 5.92 Å². The number of carbonyl (C=O) groups excluding carboxylic acids is 2. The quantitative estimate of drug-likeness (QED) is 0.503. The fourth-order valence-corrected chi connectivity index (χ4v) is 4.36. The SMILES string of the molecule is CCCCN(C)C(=O)C1CCN(C(=O)c2ccc(N3CCCC3)c([N+](=O)[O-])c2)CC1. The molecule has 8 nitrogen and oxygen atoms in total. The van der Waals surface area contributed by atoms with Gasteiger partial charge in [-0.2, -0.15) is 0 Å². The summed E-state index contributed by atoms with van der Waals surface area (Å²) in [6.07, 6.45) is 5.36. The Morgan fingerprint density at radius 3 is 2.43 bits per heavy atom. The Balaban J connectivity index is 1.64. The van der Waals surface area contributed by atoms with E-state index in [1.807, 2.05) is 11.9 Å². The molecule has 0 N–H and O–H groups in total. The molecule has 30 heavy (non-hydrogen) atoms. The smallest absolute Gasteiger partial charge is 0.293 e. The van der Waals surface area contributed by atoms with Gasteiger partial charge in [-0.25, -0.2) is 0 Å². The lowest BCUT2D eigenvalue weighted by Gasteiger charge is -2.33. The van der Waals surface area contributed by atoms with Gasteiger partial charge in [-0.15, -0.1) is 0 Å². The summed E-state index contributed by atoms with van der Waals surface area (Å²) in [4.78, 5) is 42.2. The second-order valence-electron chi connectivity index (χ2n) is 8.33. The zero-order chi connectivity index (χ0) is 21.7. The van der Waals surface area contributed by atoms with Crippen LogP contribution in [0.2, 0.25) is 0 Å². The number of nitro benzene ring substituents is 1. The van der Waals surface area contributed by atoms with Gasteiger partial charge in [0.2, 0.25) is 5.91 Å². The van der Waals surface area contributed by atoms with Crippen molar-refractivity contribution >= 4 is 23.2 Å². The number of anilines is 1. The highest BCUT2D eigenvalue weighted by Crippen LogP contribution is 2.32. The third kappa shape index (κ3) is 4.91. The second-order valence-corrected chi connectivity index (χ2v) is 8.33. The molecule has 2 aliphatic heterocycles. The molecule has 8 heteroatoms. The van der Waals surface area contributed by atoms with Crippen LogP contribution in [0.3, 0.4) is 0 Å². The molecule has 2 heterocycles. The van der Waals surface area contributed by atoms with E-state index >= 15 is 0 Å². The van der Waals surface area contributed by atoms with Gasteiger partial charge in [-0.3, -0.25) is 19.7 Å². The highest BCUT2D eigenvalue weighted by atomic mass is 16.6. The predicted octanol–water partition coefficient (Wildman–Crippen LogP) is 3.31. The van der Waals surface area contributed by atoms with Crippen LogP contribution in [0.4, 0.5) is 11.4 Å². The Hall–Kier alpha value is -2.64. The maximum Gasteiger partial charge on any atom is 0.293 e. The molecule has 0 aliphatic carbocycles. The molecule has 0 spiro atoms. The monoisotopic (exact) mass is 416 g/mol. The molecule has 2 aliphatic rings. The van der Waals surface area contributed by atoms with Gasteiger partial charge in [0.15, 0.2) is 0 Å². The van der Waals surface area contributed by atoms with Crippen LogP contribution in [0.15, 0.2) is 18.2 Å². The maximum absolute atomic E-state index is 13.0. The third-order valence-corrected chi connectivity index (χ3v) is 6.22. The van der Waals surface area contributed by atoms with Gasteiger partial charge in [-0.1, -0.05) is 13.3 Å². The highest BCUT2D eigenvalue weighted by molar-refractivity contribution is 5.96. The lowest BCUT2D eigenvalue weighted by Crippen LogP contribution is -2.43. The number of hydrogen-bond acceptors (Lipinski definition) is 5. The topological polar surface area (TPSA) is 87.0 Å². The van der Waals surface area contributed by atoms with Crippen molar-refractivity contribution in [2.45, 2.75) is 45.4 Å². The zero-order valence-electron chi connectivity index (χ0n) is 18.0. The van der Waals surface area contributed by atoms with E-state index in [1.54, 1.807) is 21.9 Å². The second kappa shape index (κ2) is 9.91. The van der Waals surface area contributed by atoms with E-state index in [0.29, 0.717) is 37.2 Å². The predicted molar refractivity (Wildman–Crippen MR) is 116 cm³/mol. The van der Waals surface area contributed by atoms with Crippen molar-refractivity contribution in [3.63, 3.8) is 0 Å². The number of piperidine rings is 1. The van der Waals surface area contributed by atoms with Crippen LogP contribution in [0.5, 0.6) is 0 Å². The molecule has 0 aromatic heterocycles. The molecule has 1 aromatic rings. The van der Waals surface area contributed by atoms with E-state index in [2.05, 4.69) is 6.92 Å². The number of carbonyl (C=O) groups is 2. The van der Waals surface area contributed by atoms with Crippen LogP contribution in [-0.4, -0.2) is 66.3 Å². The van der Waals surface area contributed by atoms with Crippen LogP contribution in [0.25, 0.3) is 0 Å². The Morgan fingerprint density at radius 1 is 1.17 bits per heavy atom. The standard InChI is InChI=1S/C22H32N4O4/c1-3-4-11-23(2)21(27)17-9-14-25(15-10-17)22(28)18-7-8-19(20(16-18)26(29)30)24-12-5-6-13-24/h7-8,16-17H,3-6,9-15H2,1-2H3. The summed E-state index contributed by atoms with van der Waals surface area (Å²) in [6, 6.07) is 4.81. The molecule has 0 atom stereocenters. The van der Waals surface area contributed by atoms with Gasteiger partial charge in [0.25, 0.3) is 11.6 Å². The van der Waals surface area contributed by atoms with Gasteiger partial charge >= 0.3 is 0 Å². The fraction of sp³-hybridized carbons (Fsp3) is 0.636. The zero-order valence-corrected chi connectivity index (χ0v) is 18.0. The molecular formula is C22H32N4O4. The number of amides is 2. The minimum absolute atomic E-state index is 0.00892. The van der Waals surface area contributed by atoms with Crippen LogP contribution in [0.1, 0.15) is 55.8 Å². The number of unbranched alkanes of at least 4 members (excludes halogenated alkanes) is 1. The van der Waals surface area contributed by atoms with Crippen LogP contribution >= 0.6 is 0 Å². The van der Waals surface area contributed by atoms with Crippen LogP contribution in [-0.2, 0) is 4.79 Å². The van der Waals surface area contributed by atoms with Gasteiger partial charge in [-0.05, 0) is 44.2 Å². The van der Waals surface area contributed by atoms with Crippen molar-refractivity contribution in [3.8, 4) is 0 Å². The highest BCUT2D eigenvalue weighted by Gasteiger charge is 2.30.